The number of benzene rings is 1. The van der Waals surface area contributed by atoms with Crippen molar-refractivity contribution < 1.29 is 14.5 Å². The topological polar surface area (TPSA) is 53.9 Å². The maximum atomic E-state index is 12.4. The summed E-state index contributed by atoms with van der Waals surface area (Å²) >= 11 is 0. The molecule has 0 aliphatic carbocycles. The number of amides is 2. The highest BCUT2D eigenvalue weighted by Crippen LogP contribution is 2.11. The zero-order valence-corrected chi connectivity index (χ0v) is 11.3. The van der Waals surface area contributed by atoms with E-state index in [9.17, 15) is 9.59 Å². The van der Waals surface area contributed by atoms with Crippen molar-refractivity contribution in [1.82, 2.24) is 5.32 Å². The maximum absolute atomic E-state index is 12.4. The van der Waals surface area contributed by atoms with Crippen molar-refractivity contribution in [2.45, 2.75) is 13.0 Å². The summed E-state index contributed by atoms with van der Waals surface area (Å²) in [6.07, 6.45) is 0. The van der Waals surface area contributed by atoms with Gasteiger partial charge in [-0.25, -0.2) is 0 Å². The average molecular weight is 262 g/mol. The Hall–Kier alpha value is -1.88. The second-order valence-electron chi connectivity index (χ2n) is 4.89. The molecule has 5 nitrogen and oxygen atoms in total. The number of likely N-dealkylation sites (N-methyl/N-ethyl adjacent to an activating group) is 1. The maximum Gasteiger partial charge on any atom is 0.284 e. The Balaban J connectivity index is 2.04. The highest BCUT2D eigenvalue weighted by atomic mass is 16.2. The molecule has 1 aromatic carbocycles. The number of nitrogens with one attached hydrogen (secondary N) is 2. The first-order valence-corrected chi connectivity index (χ1v) is 6.53. The Labute approximate surface area is 113 Å². The SMILES string of the molecule is C[C@H](C(=O)N(C)c1ccccc1)[NH+]1CCNC(=O)C1. The predicted octanol–water partition coefficient (Wildman–Crippen LogP) is -0.947. The predicted molar refractivity (Wildman–Crippen MR) is 73.0 cm³/mol. The van der Waals surface area contributed by atoms with Gasteiger partial charge in [-0.15, -0.1) is 0 Å². The third kappa shape index (κ3) is 3.12. The van der Waals surface area contributed by atoms with Crippen LogP contribution < -0.4 is 15.1 Å². The number of para-hydroxylation sites is 1. The van der Waals surface area contributed by atoms with Gasteiger partial charge in [-0.05, 0) is 19.1 Å². The van der Waals surface area contributed by atoms with Crippen LogP contribution in [0.1, 0.15) is 6.92 Å². The smallest absolute Gasteiger partial charge is 0.284 e. The van der Waals surface area contributed by atoms with Crippen LogP contribution in [0, 0.1) is 0 Å². The number of anilines is 1. The van der Waals surface area contributed by atoms with Crippen molar-refractivity contribution in [3.63, 3.8) is 0 Å². The fourth-order valence-corrected chi connectivity index (χ4v) is 2.33. The number of nitrogens with zero attached hydrogens (tertiary/aromatic N) is 1. The molecule has 5 heteroatoms. The van der Waals surface area contributed by atoms with E-state index >= 15 is 0 Å². The van der Waals surface area contributed by atoms with Crippen molar-refractivity contribution in [2.75, 3.05) is 31.6 Å². The summed E-state index contributed by atoms with van der Waals surface area (Å²) < 4.78 is 0. The number of hydrogen-bond donors (Lipinski definition) is 2. The first-order valence-electron chi connectivity index (χ1n) is 6.53. The fourth-order valence-electron chi connectivity index (χ4n) is 2.33. The van der Waals surface area contributed by atoms with Crippen LogP contribution in [0.4, 0.5) is 5.69 Å². The van der Waals surface area contributed by atoms with E-state index in [1.54, 1.807) is 11.9 Å². The molecule has 0 spiro atoms. The molecule has 0 aromatic heterocycles. The number of rotatable bonds is 3. The lowest BCUT2D eigenvalue weighted by atomic mass is 10.2. The molecule has 1 aliphatic rings. The minimum atomic E-state index is -0.212. The average Bonchev–Trinajstić information content (AvgIpc) is 2.46. The van der Waals surface area contributed by atoms with E-state index in [-0.39, 0.29) is 17.9 Å². The van der Waals surface area contributed by atoms with Gasteiger partial charge >= 0.3 is 0 Å². The van der Waals surface area contributed by atoms with E-state index in [0.29, 0.717) is 13.1 Å². The third-order valence-corrected chi connectivity index (χ3v) is 3.61. The van der Waals surface area contributed by atoms with E-state index in [4.69, 9.17) is 0 Å². The number of carbonyl (C=O) groups excluding carboxylic acids is 2. The Kier molecular flexibility index (Phi) is 4.16. The van der Waals surface area contributed by atoms with E-state index < -0.39 is 0 Å². The van der Waals surface area contributed by atoms with Crippen LogP contribution in [-0.4, -0.2) is 44.5 Å². The van der Waals surface area contributed by atoms with Gasteiger partial charge in [0.05, 0.1) is 13.1 Å². The van der Waals surface area contributed by atoms with Gasteiger partial charge in [-0.3, -0.25) is 9.59 Å². The van der Waals surface area contributed by atoms with Gasteiger partial charge in [-0.1, -0.05) is 18.2 Å². The van der Waals surface area contributed by atoms with Gasteiger partial charge in [0, 0.05) is 12.7 Å². The lowest BCUT2D eigenvalue weighted by Crippen LogP contribution is -3.19. The molecule has 2 amide bonds. The van der Waals surface area contributed by atoms with Gasteiger partial charge in [0.15, 0.2) is 12.6 Å². The van der Waals surface area contributed by atoms with Crippen molar-refractivity contribution in [3.8, 4) is 0 Å². The molecule has 1 aliphatic heterocycles. The van der Waals surface area contributed by atoms with Crippen LogP contribution in [-0.2, 0) is 9.59 Å². The molecule has 1 aromatic rings. The summed E-state index contributed by atoms with van der Waals surface area (Å²) in [5, 5.41) is 2.78. The molecule has 1 fully saturated rings. The Morgan fingerprint density at radius 2 is 2.05 bits per heavy atom. The van der Waals surface area contributed by atoms with Crippen LogP contribution in [0.25, 0.3) is 0 Å². The van der Waals surface area contributed by atoms with Crippen LogP contribution in [0.15, 0.2) is 30.3 Å². The van der Waals surface area contributed by atoms with Crippen LogP contribution in [0.3, 0.4) is 0 Å². The lowest BCUT2D eigenvalue weighted by molar-refractivity contribution is -0.907. The lowest BCUT2D eigenvalue weighted by Gasteiger charge is -2.30. The quantitative estimate of drug-likeness (QED) is 0.738. The van der Waals surface area contributed by atoms with Crippen LogP contribution >= 0.6 is 0 Å². The number of carbonyl (C=O) groups is 2. The van der Waals surface area contributed by atoms with Crippen molar-refractivity contribution in [2.24, 2.45) is 0 Å². The van der Waals surface area contributed by atoms with E-state index in [1.165, 1.54) is 0 Å². The van der Waals surface area contributed by atoms with Gasteiger partial charge in [0.1, 0.15) is 0 Å². The van der Waals surface area contributed by atoms with E-state index in [2.05, 4.69) is 5.32 Å². The Bertz CT molecular complexity index is 461. The van der Waals surface area contributed by atoms with Crippen molar-refractivity contribution in [3.05, 3.63) is 30.3 Å². The van der Waals surface area contributed by atoms with Gasteiger partial charge in [0.25, 0.3) is 11.8 Å². The Morgan fingerprint density at radius 1 is 1.37 bits per heavy atom. The highest BCUT2D eigenvalue weighted by Gasteiger charge is 2.31. The summed E-state index contributed by atoms with van der Waals surface area (Å²) in [5.41, 5.74) is 0.875. The zero-order chi connectivity index (χ0) is 13.8. The van der Waals surface area contributed by atoms with Crippen molar-refractivity contribution in [1.29, 1.82) is 0 Å². The summed E-state index contributed by atoms with van der Waals surface area (Å²) in [5.74, 6) is 0.0548. The number of quaternary nitrogens is 1. The summed E-state index contributed by atoms with van der Waals surface area (Å²) in [4.78, 5) is 26.5. The fraction of sp³-hybridized carbons (Fsp3) is 0.429. The molecule has 1 unspecified atom stereocenters. The molecule has 2 rings (SSSR count). The first-order chi connectivity index (χ1) is 9.09. The van der Waals surface area contributed by atoms with E-state index in [1.807, 2.05) is 37.3 Å². The largest absolute Gasteiger partial charge is 0.346 e. The standard InChI is InChI=1S/C14H19N3O2/c1-11(17-9-8-15-13(18)10-17)14(19)16(2)12-6-4-3-5-7-12/h3-7,11H,8-10H2,1-2H3,(H,15,18)/p+1/t11-/m1/s1. The third-order valence-electron chi connectivity index (χ3n) is 3.61. The number of hydrogen-bond acceptors (Lipinski definition) is 2. The second-order valence-corrected chi connectivity index (χ2v) is 4.89. The summed E-state index contributed by atoms with van der Waals surface area (Å²) in [6, 6.07) is 9.34. The first kappa shape index (κ1) is 13.5. The summed E-state index contributed by atoms with van der Waals surface area (Å²) in [6.45, 7) is 3.69. The normalized spacial score (nSPS) is 20.5. The Morgan fingerprint density at radius 3 is 2.68 bits per heavy atom. The van der Waals surface area contributed by atoms with Crippen LogP contribution in [0.5, 0.6) is 0 Å². The molecule has 2 N–H and O–H groups in total. The molecule has 2 atom stereocenters. The molecule has 0 saturated carbocycles. The number of piperazine rings is 1. The van der Waals surface area contributed by atoms with Gasteiger partial charge in [0.2, 0.25) is 0 Å². The minimum Gasteiger partial charge on any atom is -0.346 e. The molecule has 102 valence electrons. The minimum absolute atomic E-state index is 0.0169. The van der Waals surface area contributed by atoms with Gasteiger partial charge in [-0.2, -0.15) is 0 Å². The second kappa shape index (κ2) is 5.84. The molecule has 19 heavy (non-hydrogen) atoms. The molecular formula is C14H20N3O2+. The molecule has 0 radical (unpaired) electrons. The van der Waals surface area contributed by atoms with E-state index in [0.717, 1.165) is 17.1 Å². The molecule has 0 bridgehead atoms. The zero-order valence-electron chi connectivity index (χ0n) is 11.3. The highest BCUT2D eigenvalue weighted by molar-refractivity contribution is 5.95. The summed E-state index contributed by atoms with van der Waals surface area (Å²) in [7, 11) is 1.78. The molecule has 1 saturated heterocycles. The molecular weight excluding hydrogens is 242 g/mol. The van der Waals surface area contributed by atoms with Gasteiger partial charge < -0.3 is 15.1 Å². The molecule has 1 heterocycles. The van der Waals surface area contributed by atoms with Crippen molar-refractivity contribution >= 4 is 17.5 Å². The van der Waals surface area contributed by atoms with Crippen LogP contribution in [0.2, 0.25) is 0 Å². The monoisotopic (exact) mass is 262 g/mol.